The number of benzene rings is 1. The Morgan fingerprint density at radius 2 is 1.93 bits per heavy atom. The summed E-state index contributed by atoms with van der Waals surface area (Å²) in [4.78, 5) is 1.09. The number of thiocarbonyl (C=S) groups is 1. The zero-order valence-electron chi connectivity index (χ0n) is 18.0. The van der Waals surface area contributed by atoms with Crippen LogP contribution in [0, 0.1) is 5.41 Å². The number of hydrogen-bond donors (Lipinski definition) is 2. The Labute approximate surface area is 176 Å². The molecular weight excluding hydrogens is 360 g/mol. The van der Waals surface area contributed by atoms with Gasteiger partial charge < -0.3 is 10.6 Å². The van der Waals surface area contributed by atoms with Crippen molar-refractivity contribution in [2.24, 2.45) is 5.41 Å². The molecule has 0 spiro atoms. The number of allylic oxidation sites excluding steroid dienone is 6. The normalized spacial score (nSPS) is 19.0. The SMILES string of the molecule is C=C(C)C(C=CC(=CNC)c1ccccc1CNC)=C1CC(C)(C)CCC1=S. The minimum atomic E-state index is 0.287. The average Bonchev–Trinajstić information content (AvgIpc) is 2.64. The predicted octanol–water partition coefficient (Wildman–Crippen LogP) is 5.98. The first-order valence-electron chi connectivity index (χ1n) is 9.99. The summed E-state index contributed by atoms with van der Waals surface area (Å²) in [7, 11) is 3.91. The minimum absolute atomic E-state index is 0.287. The molecule has 28 heavy (non-hydrogen) atoms. The first-order chi connectivity index (χ1) is 13.3. The van der Waals surface area contributed by atoms with Crippen LogP contribution in [-0.2, 0) is 6.54 Å². The fraction of sp³-hybridized carbons (Fsp3) is 0.400. The third-order valence-corrected chi connectivity index (χ3v) is 5.68. The Balaban J connectivity index is 2.48. The molecule has 1 aliphatic rings. The maximum Gasteiger partial charge on any atom is 0.0208 e. The van der Waals surface area contributed by atoms with Gasteiger partial charge in [-0.15, -0.1) is 0 Å². The van der Waals surface area contributed by atoms with E-state index in [9.17, 15) is 0 Å². The van der Waals surface area contributed by atoms with Gasteiger partial charge in [0.15, 0.2) is 0 Å². The van der Waals surface area contributed by atoms with Crippen LogP contribution in [0.25, 0.3) is 5.57 Å². The van der Waals surface area contributed by atoms with Crippen molar-refractivity contribution in [2.75, 3.05) is 14.1 Å². The van der Waals surface area contributed by atoms with Gasteiger partial charge in [-0.3, -0.25) is 0 Å². The number of rotatable bonds is 7. The van der Waals surface area contributed by atoms with Gasteiger partial charge in [-0.25, -0.2) is 0 Å². The van der Waals surface area contributed by atoms with Gasteiger partial charge in [0.2, 0.25) is 0 Å². The van der Waals surface area contributed by atoms with Crippen LogP contribution < -0.4 is 10.6 Å². The van der Waals surface area contributed by atoms with Crippen LogP contribution in [-0.4, -0.2) is 19.0 Å². The second-order valence-corrected chi connectivity index (χ2v) is 8.84. The highest BCUT2D eigenvalue weighted by Crippen LogP contribution is 2.39. The quantitative estimate of drug-likeness (QED) is 0.338. The van der Waals surface area contributed by atoms with E-state index in [0.717, 1.165) is 41.8 Å². The maximum absolute atomic E-state index is 5.74. The fourth-order valence-electron chi connectivity index (χ4n) is 3.70. The van der Waals surface area contributed by atoms with Crippen molar-refractivity contribution < 1.29 is 0 Å². The van der Waals surface area contributed by atoms with Gasteiger partial charge in [0, 0.05) is 24.7 Å². The molecule has 1 aromatic rings. The second kappa shape index (κ2) is 9.99. The minimum Gasteiger partial charge on any atom is -0.393 e. The molecule has 0 amide bonds. The van der Waals surface area contributed by atoms with Gasteiger partial charge in [-0.1, -0.05) is 74.6 Å². The first-order valence-corrected chi connectivity index (χ1v) is 10.4. The largest absolute Gasteiger partial charge is 0.393 e. The van der Waals surface area contributed by atoms with Gasteiger partial charge in [-0.05, 0) is 66.5 Å². The van der Waals surface area contributed by atoms with Crippen LogP contribution in [0.1, 0.15) is 51.2 Å². The molecule has 1 aromatic carbocycles. The van der Waals surface area contributed by atoms with Crippen LogP contribution >= 0.6 is 12.2 Å². The fourth-order valence-corrected chi connectivity index (χ4v) is 3.99. The van der Waals surface area contributed by atoms with Crippen molar-refractivity contribution in [3.05, 3.63) is 77.0 Å². The van der Waals surface area contributed by atoms with Gasteiger partial charge >= 0.3 is 0 Å². The molecule has 1 aliphatic carbocycles. The molecule has 1 fully saturated rings. The molecule has 2 nitrogen and oxygen atoms in total. The summed E-state index contributed by atoms with van der Waals surface area (Å²) in [6, 6.07) is 8.51. The van der Waals surface area contributed by atoms with Crippen molar-refractivity contribution >= 4 is 22.7 Å². The second-order valence-electron chi connectivity index (χ2n) is 8.35. The van der Waals surface area contributed by atoms with Gasteiger partial charge in [-0.2, -0.15) is 0 Å². The summed E-state index contributed by atoms with van der Waals surface area (Å²) in [6.45, 7) is 11.8. The molecule has 1 saturated carbocycles. The molecule has 0 unspecified atom stereocenters. The van der Waals surface area contributed by atoms with E-state index in [2.05, 4.69) is 80.6 Å². The average molecular weight is 395 g/mol. The monoisotopic (exact) mass is 394 g/mol. The number of nitrogens with one attached hydrogen (secondary N) is 2. The molecule has 0 heterocycles. The zero-order valence-corrected chi connectivity index (χ0v) is 18.8. The van der Waals surface area contributed by atoms with Gasteiger partial charge in [0.05, 0.1) is 0 Å². The summed E-state index contributed by atoms with van der Waals surface area (Å²) in [6.07, 6.45) is 9.60. The summed E-state index contributed by atoms with van der Waals surface area (Å²) < 4.78 is 0. The summed E-state index contributed by atoms with van der Waals surface area (Å²) >= 11 is 5.74. The topological polar surface area (TPSA) is 24.1 Å². The van der Waals surface area contributed by atoms with Crippen molar-refractivity contribution in [1.29, 1.82) is 0 Å². The lowest BCUT2D eigenvalue weighted by molar-refractivity contribution is 0.331. The van der Waals surface area contributed by atoms with E-state index in [1.807, 2.05) is 14.1 Å². The Morgan fingerprint density at radius 3 is 2.57 bits per heavy atom. The molecule has 0 atom stereocenters. The van der Waals surface area contributed by atoms with E-state index in [1.54, 1.807) is 0 Å². The van der Waals surface area contributed by atoms with Gasteiger partial charge in [0.1, 0.15) is 0 Å². The smallest absolute Gasteiger partial charge is 0.0208 e. The van der Waals surface area contributed by atoms with Crippen molar-refractivity contribution in [1.82, 2.24) is 10.6 Å². The molecule has 150 valence electrons. The Bertz CT molecular complexity index is 825. The maximum atomic E-state index is 5.74. The lowest BCUT2D eigenvalue weighted by Crippen LogP contribution is -2.23. The summed E-state index contributed by atoms with van der Waals surface area (Å²) in [5.41, 5.74) is 7.48. The Morgan fingerprint density at radius 1 is 1.21 bits per heavy atom. The highest BCUT2D eigenvalue weighted by molar-refractivity contribution is 7.80. The highest BCUT2D eigenvalue weighted by atomic mass is 32.1. The van der Waals surface area contributed by atoms with E-state index in [0.29, 0.717) is 0 Å². The molecule has 0 radical (unpaired) electrons. The first kappa shape index (κ1) is 22.3. The molecule has 2 rings (SSSR count). The Hall–Kier alpha value is -1.97. The zero-order chi connectivity index (χ0) is 20.7. The molecule has 0 bridgehead atoms. The summed E-state index contributed by atoms with van der Waals surface area (Å²) in [5, 5.41) is 6.45. The van der Waals surface area contributed by atoms with Crippen LogP contribution in [0.4, 0.5) is 0 Å². The molecular formula is C25H34N2S. The van der Waals surface area contributed by atoms with Crippen LogP contribution in [0.15, 0.2) is 65.9 Å². The lowest BCUT2D eigenvalue weighted by atomic mass is 9.73. The van der Waals surface area contributed by atoms with E-state index >= 15 is 0 Å². The lowest BCUT2D eigenvalue weighted by Gasteiger charge is -2.33. The van der Waals surface area contributed by atoms with Crippen LogP contribution in [0.3, 0.4) is 0 Å². The van der Waals surface area contributed by atoms with E-state index in [-0.39, 0.29) is 5.41 Å². The van der Waals surface area contributed by atoms with Gasteiger partial charge in [0.25, 0.3) is 0 Å². The predicted molar refractivity (Wildman–Crippen MR) is 127 cm³/mol. The molecule has 3 heteroatoms. The van der Waals surface area contributed by atoms with E-state index in [4.69, 9.17) is 12.2 Å². The standard InChI is InChI=1S/C25H34N2S/c1-18(2)21(23-15-25(3,4)14-13-24(23)28)12-11-20(17-27-6)22-10-8-7-9-19(22)16-26-5/h7-12,17,26-27H,1,13-16H2,2-6H3. The Kier molecular flexibility index (Phi) is 7.97. The number of hydrogen-bond acceptors (Lipinski definition) is 3. The molecule has 0 aliphatic heterocycles. The third kappa shape index (κ3) is 5.76. The van der Waals surface area contributed by atoms with Crippen LogP contribution in [0.5, 0.6) is 0 Å². The van der Waals surface area contributed by atoms with E-state index < -0.39 is 0 Å². The molecule has 2 N–H and O–H groups in total. The summed E-state index contributed by atoms with van der Waals surface area (Å²) in [5.74, 6) is 0. The molecule has 0 aromatic heterocycles. The third-order valence-electron chi connectivity index (χ3n) is 5.23. The van der Waals surface area contributed by atoms with E-state index in [1.165, 1.54) is 22.3 Å². The molecule has 0 saturated heterocycles. The highest BCUT2D eigenvalue weighted by Gasteiger charge is 2.28. The van der Waals surface area contributed by atoms with Crippen molar-refractivity contribution in [3.8, 4) is 0 Å². The van der Waals surface area contributed by atoms with Crippen molar-refractivity contribution in [3.63, 3.8) is 0 Å². The van der Waals surface area contributed by atoms with Crippen LogP contribution in [0.2, 0.25) is 0 Å². The van der Waals surface area contributed by atoms with Crippen molar-refractivity contribution in [2.45, 2.75) is 46.6 Å².